The Hall–Kier alpha value is 0.410. The van der Waals surface area contributed by atoms with Gasteiger partial charge in [0.2, 0.25) is 0 Å². The van der Waals surface area contributed by atoms with Gasteiger partial charge in [-0.1, -0.05) is 39.5 Å². The van der Waals surface area contributed by atoms with Gasteiger partial charge in [-0.2, -0.15) is 12.2 Å². The van der Waals surface area contributed by atoms with Gasteiger partial charge in [-0.15, -0.1) is 13.8 Å². The van der Waals surface area contributed by atoms with E-state index in [4.69, 9.17) is 0 Å². The summed E-state index contributed by atoms with van der Waals surface area (Å²) in [6.45, 7) is 12.8. The standard InChI is InChI=1S/2C8H11.2ClH.Hf/c2*1-6-4-7(2)8(3)5-6;;;/h2*4,6H,1-3H3;2*1H;/q2*-1;;;+4/p-2. The van der Waals surface area contributed by atoms with Gasteiger partial charge in [0, 0.05) is 0 Å². The van der Waals surface area contributed by atoms with Crippen LogP contribution in [0.3, 0.4) is 0 Å². The monoisotopic (exact) mass is 464 g/mol. The van der Waals surface area contributed by atoms with Gasteiger partial charge in [-0.3, -0.25) is 12.2 Å². The number of hydrogen-bond donors (Lipinski definition) is 0. The molecule has 2 atom stereocenters. The summed E-state index contributed by atoms with van der Waals surface area (Å²) in [7, 11) is 0. The normalized spacial score (nSPS) is 23.3. The van der Waals surface area contributed by atoms with Crippen molar-refractivity contribution in [3.05, 3.63) is 46.6 Å². The molecule has 0 N–H and O–H groups in total. The van der Waals surface area contributed by atoms with Crippen LogP contribution in [0.15, 0.2) is 34.4 Å². The predicted octanol–water partition coefficient (Wildman–Crippen LogP) is -1.33. The Morgan fingerprint density at radius 3 is 1.05 bits per heavy atom. The summed E-state index contributed by atoms with van der Waals surface area (Å²) in [5.74, 6) is 1.10. The first kappa shape index (κ1) is 24.4. The molecule has 0 aromatic rings. The Morgan fingerprint density at radius 1 is 0.737 bits per heavy atom. The van der Waals surface area contributed by atoms with Crippen LogP contribution in [0, 0.1) is 24.0 Å². The van der Waals surface area contributed by atoms with Crippen LogP contribution in [0.1, 0.15) is 41.5 Å². The van der Waals surface area contributed by atoms with Gasteiger partial charge < -0.3 is 24.8 Å². The van der Waals surface area contributed by atoms with E-state index in [0.29, 0.717) is 11.8 Å². The van der Waals surface area contributed by atoms with E-state index in [1.54, 1.807) is 0 Å². The van der Waals surface area contributed by atoms with Gasteiger partial charge in [0.15, 0.2) is 0 Å². The first-order valence-electron chi connectivity index (χ1n) is 5.98. The maximum Gasteiger partial charge on any atom is 4.00 e. The van der Waals surface area contributed by atoms with Crippen LogP contribution in [-0.4, -0.2) is 0 Å². The van der Waals surface area contributed by atoms with Crippen molar-refractivity contribution in [3.8, 4) is 0 Å². The summed E-state index contributed by atoms with van der Waals surface area (Å²) in [4.78, 5) is 0. The molecular formula is C16H22Cl2Hf. The molecule has 0 nitrogen and oxygen atoms in total. The fourth-order valence-electron chi connectivity index (χ4n) is 1.99. The van der Waals surface area contributed by atoms with E-state index in [0.717, 1.165) is 0 Å². The van der Waals surface area contributed by atoms with Crippen molar-refractivity contribution in [3.63, 3.8) is 0 Å². The topological polar surface area (TPSA) is 0 Å². The average Bonchev–Trinajstić information content (AvgIpc) is 2.58. The minimum atomic E-state index is 0. The Balaban J connectivity index is -0.000000233. The molecule has 0 saturated heterocycles. The molecule has 2 aliphatic rings. The van der Waals surface area contributed by atoms with E-state index >= 15 is 0 Å². The molecule has 0 fully saturated rings. The maximum atomic E-state index is 3.29. The van der Waals surface area contributed by atoms with E-state index in [2.05, 4.69) is 65.8 Å². The Kier molecular flexibility index (Phi) is 14.3. The molecule has 2 unspecified atom stereocenters. The van der Waals surface area contributed by atoms with Crippen molar-refractivity contribution in [2.45, 2.75) is 41.5 Å². The Bertz CT molecular complexity index is 316. The maximum absolute atomic E-state index is 3.29. The van der Waals surface area contributed by atoms with Gasteiger partial charge >= 0.3 is 25.8 Å². The minimum absolute atomic E-state index is 0. The van der Waals surface area contributed by atoms with Gasteiger partial charge in [-0.05, 0) is 0 Å². The molecule has 0 spiro atoms. The molecule has 0 amide bonds. The fraction of sp³-hybridized carbons (Fsp3) is 0.500. The van der Waals surface area contributed by atoms with Crippen LogP contribution in [0.25, 0.3) is 0 Å². The molecular weight excluding hydrogens is 442 g/mol. The van der Waals surface area contributed by atoms with E-state index in [9.17, 15) is 0 Å². The van der Waals surface area contributed by atoms with Gasteiger partial charge in [0.1, 0.15) is 0 Å². The predicted molar refractivity (Wildman–Crippen MR) is 70.7 cm³/mol. The van der Waals surface area contributed by atoms with Gasteiger partial charge in [0.25, 0.3) is 0 Å². The first-order valence-corrected chi connectivity index (χ1v) is 5.98. The second-order valence-electron chi connectivity index (χ2n) is 4.82. The second-order valence-corrected chi connectivity index (χ2v) is 4.82. The summed E-state index contributed by atoms with van der Waals surface area (Å²) in [6.07, 6.45) is 11.0. The third-order valence-corrected chi connectivity index (χ3v) is 3.07. The van der Waals surface area contributed by atoms with Crippen molar-refractivity contribution < 1.29 is 50.7 Å². The molecule has 2 aliphatic carbocycles. The first-order chi connectivity index (χ1) is 7.40. The van der Waals surface area contributed by atoms with E-state index in [-0.39, 0.29) is 50.7 Å². The Labute approximate surface area is 150 Å². The second kappa shape index (κ2) is 11.1. The molecule has 0 radical (unpaired) electrons. The van der Waals surface area contributed by atoms with Crippen molar-refractivity contribution >= 4 is 0 Å². The minimum Gasteiger partial charge on any atom is -1.00 e. The number of hydrogen-bond acceptors (Lipinski definition) is 0. The van der Waals surface area contributed by atoms with Crippen LogP contribution in [0.5, 0.6) is 0 Å². The summed E-state index contributed by atoms with van der Waals surface area (Å²) in [5, 5.41) is 0. The molecule has 19 heavy (non-hydrogen) atoms. The quantitative estimate of drug-likeness (QED) is 0.309. The van der Waals surface area contributed by atoms with Gasteiger partial charge in [-0.25, -0.2) is 22.3 Å². The number of halogens is 2. The SMILES string of the molecule is CC1=[C-]C(C)C=C1C.CC1=[C-]C(C)C=C1C.[Cl-].[Cl-].[Hf+4]. The van der Waals surface area contributed by atoms with Crippen molar-refractivity contribution in [1.29, 1.82) is 0 Å². The zero-order valence-electron chi connectivity index (χ0n) is 12.6. The van der Waals surface area contributed by atoms with Gasteiger partial charge in [0.05, 0.1) is 0 Å². The van der Waals surface area contributed by atoms with Crippen LogP contribution in [0.4, 0.5) is 0 Å². The van der Waals surface area contributed by atoms with Crippen molar-refractivity contribution in [2.75, 3.05) is 0 Å². The summed E-state index contributed by atoms with van der Waals surface area (Å²) < 4.78 is 0. The zero-order valence-corrected chi connectivity index (χ0v) is 17.7. The summed E-state index contributed by atoms with van der Waals surface area (Å²) in [5.41, 5.74) is 5.41. The molecule has 0 aliphatic heterocycles. The van der Waals surface area contributed by atoms with Crippen LogP contribution in [-0.2, 0) is 25.8 Å². The van der Waals surface area contributed by atoms with Crippen LogP contribution < -0.4 is 24.8 Å². The largest absolute Gasteiger partial charge is 4.00 e. The van der Waals surface area contributed by atoms with E-state index in [1.165, 1.54) is 22.3 Å². The number of allylic oxidation sites excluding steroid dienone is 8. The van der Waals surface area contributed by atoms with Crippen molar-refractivity contribution in [2.24, 2.45) is 11.8 Å². The molecule has 0 aromatic heterocycles. The fourth-order valence-corrected chi connectivity index (χ4v) is 1.99. The summed E-state index contributed by atoms with van der Waals surface area (Å²) in [6, 6.07) is 0. The molecule has 104 valence electrons. The van der Waals surface area contributed by atoms with E-state index < -0.39 is 0 Å². The van der Waals surface area contributed by atoms with Crippen LogP contribution in [0.2, 0.25) is 0 Å². The molecule has 0 saturated carbocycles. The third kappa shape index (κ3) is 8.32. The molecule has 0 heterocycles. The smallest absolute Gasteiger partial charge is 1.00 e. The molecule has 0 aromatic carbocycles. The zero-order chi connectivity index (χ0) is 12.3. The van der Waals surface area contributed by atoms with Crippen LogP contribution >= 0.6 is 0 Å². The molecule has 2 rings (SSSR count). The average molecular weight is 464 g/mol. The Morgan fingerprint density at radius 2 is 1.00 bits per heavy atom. The van der Waals surface area contributed by atoms with Crippen molar-refractivity contribution in [1.82, 2.24) is 0 Å². The molecule has 3 heteroatoms. The summed E-state index contributed by atoms with van der Waals surface area (Å²) >= 11 is 0. The number of rotatable bonds is 0. The molecule has 0 bridgehead atoms. The van der Waals surface area contributed by atoms with E-state index in [1.807, 2.05) is 0 Å². The third-order valence-electron chi connectivity index (χ3n) is 3.07.